The maximum Gasteiger partial charge on any atom is 0.481 e. The van der Waals surface area contributed by atoms with Crippen molar-refractivity contribution >= 4 is 33.2 Å². The molecule has 0 saturated carbocycles. The van der Waals surface area contributed by atoms with E-state index in [1.165, 1.54) is 171 Å². The summed E-state index contributed by atoms with van der Waals surface area (Å²) in [6.45, 7) is 3.51. The molecule has 1 aromatic heterocycles. The summed E-state index contributed by atoms with van der Waals surface area (Å²) in [5, 5.41) is 19.5. The highest BCUT2D eigenvalue weighted by molar-refractivity contribution is 7.60. The number of Topliss-reactive ketones (excluding diaryl/α,β-unsaturated/α-hetero) is 1. The van der Waals surface area contributed by atoms with Crippen LogP contribution in [0, 0.1) is 0 Å². The highest BCUT2D eigenvalue weighted by atomic mass is 31.3. The Balaban J connectivity index is 0.000000809. The van der Waals surface area contributed by atoms with E-state index < -0.39 is 65.1 Å². The minimum Gasteiger partial charge on any atom is -0.451 e. The standard InChI is InChI=1S/C39H76O5.C9H15N3O9P2/c1-3-5-7-9-11-13-15-17-19-21-23-25-27-29-31-33-36(41)39(37(42)35-40)44-38(43)34-32-30-28-26-24-22-20-18-16-14-12-10-8-6-4-2;10-7-3-4-12(9(13)11-7)8-2-1-6(20-8)5-19-23(17,18)21-22(14,15)16/h37,39-40,42H,3-35H2,1-2H3;3-4,6,8H,1-2,5H2,(H,17,18)(H2,10,11,13)(H2,14,15,16)/t;6-,8+/m.0/s1. The number of aliphatic hydroxyl groups is 2. The van der Waals surface area contributed by atoms with Crippen molar-refractivity contribution in [1.82, 2.24) is 9.55 Å². The van der Waals surface area contributed by atoms with E-state index in [0.717, 1.165) is 38.5 Å². The molecule has 2 rings (SSSR count). The van der Waals surface area contributed by atoms with Crippen LogP contribution in [0.5, 0.6) is 0 Å². The first-order valence-corrected chi connectivity index (χ1v) is 28.9. The van der Waals surface area contributed by atoms with Crippen molar-refractivity contribution in [3.63, 3.8) is 0 Å². The summed E-state index contributed by atoms with van der Waals surface area (Å²) in [6.07, 6.45) is 36.8. The Labute approximate surface area is 401 Å². The summed E-state index contributed by atoms with van der Waals surface area (Å²) in [6, 6.07) is 1.42. The van der Waals surface area contributed by atoms with Gasteiger partial charge in [-0.15, -0.1) is 0 Å². The van der Waals surface area contributed by atoms with Gasteiger partial charge in [-0.2, -0.15) is 9.29 Å². The summed E-state index contributed by atoms with van der Waals surface area (Å²) in [7, 11) is -10.1. The van der Waals surface area contributed by atoms with Crippen molar-refractivity contribution in [2.24, 2.45) is 0 Å². The van der Waals surface area contributed by atoms with E-state index in [0.29, 0.717) is 12.8 Å². The second-order valence-electron chi connectivity index (χ2n) is 18.2. The molecule has 1 aliphatic rings. The number of esters is 1. The summed E-state index contributed by atoms with van der Waals surface area (Å²) in [4.78, 5) is 66.4. The van der Waals surface area contributed by atoms with Crippen LogP contribution >= 0.6 is 15.6 Å². The number of nitrogen functional groups attached to an aromatic ring is 1. The van der Waals surface area contributed by atoms with E-state index in [1.54, 1.807) is 0 Å². The number of anilines is 1. The van der Waals surface area contributed by atoms with Gasteiger partial charge >= 0.3 is 27.3 Å². The Kier molecular flexibility index (Phi) is 37.3. The molecule has 5 atom stereocenters. The predicted molar refractivity (Wildman–Crippen MR) is 262 cm³/mol. The van der Waals surface area contributed by atoms with Gasteiger partial charge in [0.05, 0.1) is 19.3 Å². The number of carbonyl (C=O) groups excluding carboxylic acids is 2. The van der Waals surface area contributed by atoms with Crippen molar-refractivity contribution in [2.45, 2.75) is 257 Å². The number of hydrogen-bond acceptors (Lipinski definition) is 13. The fraction of sp³-hybridized carbons (Fsp3) is 0.875. The molecule has 1 fully saturated rings. The van der Waals surface area contributed by atoms with E-state index in [4.69, 9.17) is 29.9 Å². The third-order valence-corrected chi connectivity index (χ3v) is 14.2. The molecule has 19 heteroatoms. The molecule has 67 heavy (non-hydrogen) atoms. The second kappa shape index (κ2) is 39.7. The molecule has 1 saturated heterocycles. The number of unbranched alkanes of at least 4 members (excludes halogenated alkanes) is 28. The smallest absolute Gasteiger partial charge is 0.451 e. The van der Waals surface area contributed by atoms with E-state index in [2.05, 4.69) is 27.7 Å². The van der Waals surface area contributed by atoms with Crippen LogP contribution in [0.1, 0.15) is 238 Å². The Morgan fingerprint density at radius 3 is 1.54 bits per heavy atom. The van der Waals surface area contributed by atoms with Gasteiger partial charge in [-0.25, -0.2) is 13.9 Å². The van der Waals surface area contributed by atoms with Gasteiger partial charge in [0.25, 0.3) is 0 Å². The highest BCUT2D eigenvalue weighted by Gasteiger charge is 2.35. The van der Waals surface area contributed by atoms with Crippen LogP contribution in [-0.2, 0) is 37.0 Å². The van der Waals surface area contributed by atoms with E-state index in [-0.39, 0.29) is 24.4 Å². The molecule has 0 spiro atoms. The summed E-state index contributed by atoms with van der Waals surface area (Å²) in [5.74, 6) is -0.645. The molecule has 1 aliphatic heterocycles. The van der Waals surface area contributed by atoms with Gasteiger partial charge in [0.15, 0.2) is 11.9 Å². The van der Waals surface area contributed by atoms with Gasteiger partial charge in [0.1, 0.15) is 18.1 Å². The largest absolute Gasteiger partial charge is 0.481 e. The lowest BCUT2D eigenvalue weighted by molar-refractivity contribution is -0.163. The lowest BCUT2D eigenvalue weighted by Gasteiger charge is -2.20. The number of aromatic nitrogens is 2. The predicted octanol–water partition coefficient (Wildman–Crippen LogP) is 11.1. The van der Waals surface area contributed by atoms with Crippen LogP contribution in [0.25, 0.3) is 0 Å². The Hall–Kier alpha value is -2.04. The first kappa shape index (κ1) is 63.0. The minimum absolute atomic E-state index is 0.0694. The number of phosphoric acid groups is 2. The zero-order valence-electron chi connectivity index (χ0n) is 41.2. The molecule has 7 N–H and O–H groups in total. The van der Waals surface area contributed by atoms with Crippen LogP contribution in [0.3, 0.4) is 0 Å². The Bertz CT molecular complexity index is 1560. The molecular formula is C48H91N3O14P2. The normalized spacial score (nSPS) is 16.8. The summed E-state index contributed by atoms with van der Waals surface area (Å²) >= 11 is 0. The molecule has 2 heterocycles. The average molecular weight is 996 g/mol. The number of aliphatic hydroxyl groups excluding tert-OH is 2. The number of phosphoric ester groups is 1. The number of carbonyl (C=O) groups is 2. The molecule has 3 unspecified atom stereocenters. The van der Waals surface area contributed by atoms with E-state index in [1.807, 2.05) is 0 Å². The minimum atomic E-state index is -5.16. The zero-order valence-corrected chi connectivity index (χ0v) is 43.0. The molecule has 392 valence electrons. The maximum absolute atomic E-state index is 12.7. The van der Waals surface area contributed by atoms with Gasteiger partial charge in [0.2, 0.25) is 0 Å². The van der Waals surface area contributed by atoms with Crippen LogP contribution < -0.4 is 11.4 Å². The van der Waals surface area contributed by atoms with Gasteiger partial charge in [-0.1, -0.05) is 194 Å². The highest BCUT2D eigenvalue weighted by Crippen LogP contribution is 2.57. The number of ether oxygens (including phenoxy) is 2. The second-order valence-corrected chi connectivity index (χ2v) is 21.0. The third-order valence-electron chi connectivity index (χ3n) is 12.0. The summed E-state index contributed by atoms with van der Waals surface area (Å²) < 4.78 is 42.0. The molecule has 0 aliphatic carbocycles. The Morgan fingerprint density at radius 2 is 1.13 bits per heavy atom. The zero-order chi connectivity index (χ0) is 49.6. The quantitative estimate of drug-likeness (QED) is 0.0202. The first-order valence-electron chi connectivity index (χ1n) is 25.9. The topological polar surface area (TPSA) is 267 Å². The lowest BCUT2D eigenvalue weighted by Crippen LogP contribution is -2.40. The number of ketones is 1. The molecule has 0 aromatic carbocycles. The fourth-order valence-electron chi connectivity index (χ4n) is 8.10. The molecule has 0 amide bonds. The van der Waals surface area contributed by atoms with Crippen molar-refractivity contribution in [1.29, 1.82) is 0 Å². The first-order chi connectivity index (χ1) is 32.1. The van der Waals surface area contributed by atoms with Gasteiger partial charge in [-0.3, -0.25) is 18.7 Å². The van der Waals surface area contributed by atoms with E-state index in [9.17, 15) is 33.7 Å². The van der Waals surface area contributed by atoms with Crippen molar-refractivity contribution in [3.05, 3.63) is 22.7 Å². The van der Waals surface area contributed by atoms with Crippen molar-refractivity contribution in [2.75, 3.05) is 18.9 Å². The SMILES string of the molecule is CCCCCCCCCCCCCCCCCC(=O)OC(C(=O)CCCCCCCCCCCCCCCCC)C(O)CO.Nc1ccn([C@H]2CC[C@@H](COP(=O)(O)OP(=O)(O)O)O2)c(=O)n1. The number of nitrogens with two attached hydrogens (primary N) is 1. The third kappa shape index (κ3) is 34.8. The molecular weight excluding hydrogens is 904 g/mol. The fourth-order valence-corrected chi connectivity index (χ4v) is 9.72. The maximum atomic E-state index is 12.7. The molecule has 0 radical (unpaired) electrons. The molecule has 0 bridgehead atoms. The molecule has 1 aromatic rings. The van der Waals surface area contributed by atoms with Crippen LogP contribution in [-0.4, -0.2) is 77.7 Å². The molecule has 17 nitrogen and oxygen atoms in total. The average Bonchev–Trinajstić information content (AvgIpc) is 3.75. The summed E-state index contributed by atoms with van der Waals surface area (Å²) in [5.41, 5.74) is 4.78. The van der Waals surface area contributed by atoms with Crippen LogP contribution in [0.2, 0.25) is 0 Å². The lowest BCUT2D eigenvalue weighted by atomic mass is 10.0. The Morgan fingerprint density at radius 1 is 0.716 bits per heavy atom. The monoisotopic (exact) mass is 996 g/mol. The van der Waals surface area contributed by atoms with E-state index >= 15 is 0 Å². The number of nitrogens with zero attached hydrogens (tertiary/aromatic N) is 2. The van der Waals surface area contributed by atoms with Crippen LogP contribution in [0.4, 0.5) is 5.82 Å². The number of hydrogen-bond donors (Lipinski definition) is 6. The van der Waals surface area contributed by atoms with Gasteiger partial charge in [-0.05, 0) is 31.7 Å². The van der Waals surface area contributed by atoms with Crippen LogP contribution in [0.15, 0.2) is 17.1 Å². The van der Waals surface area contributed by atoms with Crippen molar-refractivity contribution in [3.8, 4) is 0 Å². The number of rotatable bonds is 42. The van der Waals surface area contributed by atoms with Gasteiger partial charge < -0.3 is 40.1 Å². The van der Waals surface area contributed by atoms with Crippen molar-refractivity contribution < 1.29 is 61.9 Å². The van der Waals surface area contributed by atoms with Gasteiger partial charge in [0, 0.05) is 19.0 Å².